The molecule has 1 saturated carbocycles. The lowest BCUT2D eigenvalue weighted by Crippen LogP contribution is -2.21. The summed E-state index contributed by atoms with van der Waals surface area (Å²) in [6, 6.07) is 11.4. The van der Waals surface area contributed by atoms with Gasteiger partial charge in [-0.3, -0.25) is 0 Å². The zero-order chi connectivity index (χ0) is 14.7. The first-order chi connectivity index (χ1) is 10.3. The van der Waals surface area contributed by atoms with Gasteiger partial charge in [-0.25, -0.2) is 4.68 Å². The Balaban J connectivity index is 1.80. The number of hydrogen-bond donors (Lipinski definition) is 1. The van der Waals surface area contributed by atoms with E-state index in [2.05, 4.69) is 55.7 Å². The monoisotopic (exact) mass is 283 g/mol. The second kappa shape index (κ2) is 6.44. The standard InChI is InChI=1S/C18H25N3/c1-3-11-19-17(4-2)15-6-5-7-16(13-15)21-12-10-18(20-21)14-8-9-14/h5-7,10,12-14,17,19H,3-4,8-9,11H2,1-2H3. The van der Waals surface area contributed by atoms with Crippen LogP contribution in [0.3, 0.4) is 0 Å². The molecule has 1 atom stereocenters. The summed E-state index contributed by atoms with van der Waals surface area (Å²) in [6.45, 7) is 5.51. The normalized spacial score (nSPS) is 16.1. The van der Waals surface area contributed by atoms with Crippen LogP contribution in [0.15, 0.2) is 36.5 Å². The minimum atomic E-state index is 0.434. The quantitative estimate of drug-likeness (QED) is 0.825. The molecule has 2 aromatic rings. The Morgan fingerprint density at radius 2 is 2.14 bits per heavy atom. The zero-order valence-electron chi connectivity index (χ0n) is 13.0. The molecule has 1 aliphatic rings. The van der Waals surface area contributed by atoms with Crippen molar-refractivity contribution in [3.63, 3.8) is 0 Å². The van der Waals surface area contributed by atoms with Crippen molar-refractivity contribution in [3.05, 3.63) is 47.8 Å². The molecule has 0 amide bonds. The molecule has 21 heavy (non-hydrogen) atoms. The maximum atomic E-state index is 4.73. The van der Waals surface area contributed by atoms with Crippen molar-refractivity contribution >= 4 is 0 Å². The van der Waals surface area contributed by atoms with Crippen LogP contribution in [0.4, 0.5) is 0 Å². The highest BCUT2D eigenvalue weighted by atomic mass is 15.3. The van der Waals surface area contributed by atoms with Crippen molar-refractivity contribution < 1.29 is 0 Å². The fraction of sp³-hybridized carbons (Fsp3) is 0.500. The van der Waals surface area contributed by atoms with Gasteiger partial charge in [0.1, 0.15) is 0 Å². The van der Waals surface area contributed by atoms with Gasteiger partial charge in [0.05, 0.1) is 11.4 Å². The Morgan fingerprint density at radius 1 is 1.29 bits per heavy atom. The van der Waals surface area contributed by atoms with E-state index in [1.54, 1.807) is 0 Å². The number of rotatable bonds is 7. The van der Waals surface area contributed by atoms with Crippen LogP contribution in [0.1, 0.15) is 62.7 Å². The van der Waals surface area contributed by atoms with Crippen molar-refractivity contribution in [2.75, 3.05) is 6.54 Å². The number of hydrogen-bond acceptors (Lipinski definition) is 2. The molecule has 0 aliphatic heterocycles. The molecule has 1 unspecified atom stereocenters. The van der Waals surface area contributed by atoms with Crippen molar-refractivity contribution in [1.29, 1.82) is 0 Å². The van der Waals surface area contributed by atoms with Gasteiger partial charge in [-0.2, -0.15) is 5.10 Å². The fourth-order valence-electron chi connectivity index (χ4n) is 2.78. The van der Waals surface area contributed by atoms with Crippen molar-refractivity contribution in [2.45, 2.75) is 51.5 Å². The summed E-state index contributed by atoms with van der Waals surface area (Å²) in [5.41, 5.74) is 3.76. The maximum absolute atomic E-state index is 4.73. The van der Waals surface area contributed by atoms with E-state index in [1.807, 2.05) is 4.68 Å². The van der Waals surface area contributed by atoms with E-state index < -0.39 is 0 Å². The van der Waals surface area contributed by atoms with Gasteiger partial charge < -0.3 is 5.32 Å². The summed E-state index contributed by atoms with van der Waals surface area (Å²) in [7, 11) is 0. The molecule has 0 spiro atoms. The molecule has 1 aromatic carbocycles. The molecular formula is C18H25N3. The first-order valence-electron chi connectivity index (χ1n) is 8.21. The summed E-state index contributed by atoms with van der Waals surface area (Å²) in [6.07, 6.45) is 6.97. The molecule has 0 radical (unpaired) electrons. The summed E-state index contributed by atoms with van der Waals surface area (Å²) in [5.74, 6) is 0.712. The Kier molecular flexibility index (Phi) is 4.39. The summed E-state index contributed by atoms with van der Waals surface area (Å²) in [4.78, 5) is 0. The highest BCUT2D eigenvalue weighted by Gasteiger charge is 2.25. The van der Waals surface area contributed by atoms with Gasteiger partial charge in [0, 0.05) is 18.2 Å². The molecular weight excluding hydrogens is 258 g/mol. The van der Waals surface area contributed by atoms with Crippen LogP contribution >= 0.6 is 0 Å². The van der Waals surface area contributed by atoms with Gasteiger partial charge in [0.25, 0.3) is 0 Å². The van der Waals surface area contributed by atoms with Crippen molar-refractivity contribution in [1.82, 2.24) is 15.1 Å². The highest BCUT2D eigenvalue weighted by molar-refractivity contribution is 5.37. The Labute approximate surface area is 127 Å². The van der Waals surface area contributed by atoms with Gasteiger partial charge in [-0.05, 0) is 56.0 Å². The molecule has 1 N–H and O–H groups in total. The molecule has 1 heterocycles. The molecule has 112 valence electrons. The van der Waals surface area contributed by atoms with Gasteiger partial charge in [0.2, 0.25) is 0 Å². The molecule has 1 fully saturated rings. The fourth-order valence-corrected chi connectivity index (χ4v) is 2.78. The third-order valence-electron chi connectivity index (χ3n) is 4.19. The zero-order valence-corrected chi connectivity index (χ0v) is 13.0. The van der Waals surface area contributed by atoms with E-state index in [1.165, 1.54) is 30.5 Å². The van der Waals surface area contributed by atoms with Crippen LogP contribution in [0.5, 0.6) is 0 Å². The molecule has 3 heteroatoms. The van der Waals surface area contributed by atoms with E-state index in [4.69, 9.17) is 5.10 Å². The van der Waals surface area contributed by atoms with E-state index >= 15 is 0 Å². The third kappa shape index (κ3) is 3.35. The first-order valence-corrected chi connectivity index (χ1v) is 8.21. The molecule has 1 aliphatic carbocycles. The lowest BCUT2D eigenvalue weighted by atomic mass is 10.0. The molecule has 1 aromatic heterocycles. The molecule has 0 bridgehead atoms. The summed E-state index contributed by atoms with van der Waals surface area (Å²) in [5, 5.41) is 8.35. The van der Waals surface area contributed by atoms with Gasteiger partial charge in [0.15, 0.2) is 0 Å². The highest BCUT2D eigenvalue weighted by Crippen LogP contribution is 2.39. The topological polar surface area (TPSA) is 29.9 Å². The molecule has 3 rings (SSSR count). The maximum Gasteiger partial charge on any atom is 0.0659 e. The predicted molar refractivity (Wildman–Crippen MR) is 86.9 cm³/mol. The Morgan fingerprint density at radius 3 is 2.86 bits per heavy atom. The van der Waals surface area contributed by atoms with Crippen molar-refractivity contribution in [2.24, 2.45) is 0 Å². The second-order valence-electron chi connectivity index (χ2n) is 5.97. The second-order valence-corrected chi connectivity index (χ2v) is 5.97. The number of nitrogens with one attached hydrogen (secondary N) is 1. The Hall–Kier alpha value is -1.61. The SMILES string of the molecule is CCCNC(CC)c1cccc(-n2ccc(C3CC3)n2)c1. The van der Waals surface area contributed by atoms with Gasteiger partial charge >= 0.3 is 0 Å². The van der Waals surface area contributed by atoms with Crippen LogP contribution in [0.2, 0.25) is 0 Å². The average molecular weight is 283 g/mol. The van der Waals surface area contributed by atoms with Gasteiger partial charge in [-0.15, -0.1) is 0 Å². The van der Waals surface area contributed by atoms with Gasteiger partial charge in [-0.1, -0.05) is 26.0 Å². The molecule has 3 nitrogen and oxygen atoms in total. The number of benzene rings is 1. The predicted octanol–water partition coefficient (Wildman–Crippen LogP) is 4.20. The summed E-state index contributed by atoms with van der Waals surface area (Å²) >= 11 is 0. The molecule has 0 saturated heterocycles. The lowest BCUT2D eigenvalue weighted by molar-refractivity contribution is 0.518. The minimum absolute atomic E-state index is 0.434. The smallest absolute Gasteiger partial charge is 0.0659 e. The van der Waals surface area contributed by atoms with E-state index in [0.717, 1.165) is 18.7 Å². The van der Waals surface area contributed by atoms with Crippen LogP contribution in [-0.2, 0) is 0 Å². The third-order valence-corrected chi connectivity index (χ3v) is 4.19. The van der Waals surface area contributed by atoms with Crippen molar-refractivity contribution in [3.8, 4) is 5.69 Å². The minimum Gasteiger partial charge on any atom is -0.310 e. The largest absolute Gasteiger partial charge is 0.310 e. The van der Waals surface area contributed by atoms with Crippen LogP contribution < -0.4 is 5.32 Å². The first kappa shape index (κ1) is 14.3. The van der Waals surface area contributed by atoms with E-state index in [9.17, 15) is 0 Å². The summed E-state index contributed by atoms with van der Waals surface area (Å²) < 4.78 is 2.02. The lowest BCUT2D eigenvalue weighted by Gasteiger charge is -2.17. The average Bonchev–Trinajstić information content (AvgIpc) is 3.26. The van der Waals surface area contributed by atoms with E-state index in [0.29, 0.717) is 12.0 Å². The Bertz CT molecular complexity index is 584. The van der Waals surface area contributed by atoms with E-state index in [-0.39, 0.29) is 0 Å². The van der Waals surface area contributed by atoms with Crippen LogP contribution in [0, 0.1) is 0 Å². The number of nitrogens with zero attached hydrogens (tertiary/aromatic N) is 2. The van der Waals surface area contributed by atoms with Crippen LogP contribution in [0.25, 0.3) is 5.69 Å². The van der Waals surface area contributed by atoms with Crippen LogP contribution in [-0.4, -0.2) is 16.3 Å². The number of aromatic nitrogens is 2.